The third-order valence-electron chi connectivity index (χ3n) is 3.90. The van der Waals surface area contributed by atoms with Crippen molar-refractivity contribution in [1.82, 2.24) is 14.8 Å². The summed E-state index contributed by atoms with van der Waals surface area (Å²) in [5, 5.41) is 0. The Labute approximate surface area is 110 Å². The molecule has 2 rings (SSSR count). The molecule has 0 aliphatic carbocycles. The van der Waals surface area contributed by atoms with Gasteiger partial charge in [0.1, 0.15) is 5.82 Å². The van der Waals surface area contributed by atoms with Crippen LogP contribution in [-0.2, 0) is 6.54 Å². The molecule has 2 N–H and O–H groups in total. The first-order valence-corrected chi connectivity index (χ1v) is 6.90. The molecular formula is C14H24N4. The van der Waals surface area contributed by atoms with Crippen LogP contribution in [0.2, 0.25) is 0 Å². The van der Waals surface area contributed by atoms with Crippen molar-refractivity contribution in [1.29, 1.82) is 0 Å². The number of nitrogens with zero attached hydrogens (tertiary/aromatic N) is 3. The molecule has 0 amide bonds. The van der Waals surface area contributed by atoms with Crippen molar-refractivity contribution >= 4 is 5.82 Å². The van der Waals surface area contributed by atoms with Gasteiger partial charge in [-0.15, -0.1) is 0 Å². The van der Waals surface area contributed by atoms with Crippen LogP contribution in [0.3, 0.4) is 0 Å². The number of likely N-dealkylation sites (N-methyl/N-ethyl adjacent to an activating group) is 1. The van der Waals surface area contributed by atoms with E-state index in [1.165, 1.54) is 6.42 Å². The van der Waals surface area contributed by atoms with E-state index in [2.05, 4.69) is 34.7 Å². The van der Waals surface area contributed by atoms with Crippen molar-refractivity contribution in [2.24, 2.45) is 0 Å². The normalized spacial score (nSPS) is 20.7. The summed E-state index contributed by atoms with van der Waals surface area (Å²) in [4.78, 5) is 9.18. The molecule has 100 valence electrons. The van der Waals surface area contributed by atoms with Gasteiger partial charge in [0.05, 0.1) is 0 Å². The zero-order chi connectivity index (χ0) is 13.0. The van der Waals surface area contributed by atoms with Gasteiger partial charge < -0.3 is 5.73 Å². The van der Waals surface area contributed by atoms with Gasteiger partial charge in [0.2, 0.25) is 0 Å². The van der Waals surface area contributed by atoms with E-state index in [4.69, 9.17) is 5.73 Å². The lowest BCUT2D eigenvalue weighted by atomic mass is 10.2. The highest BCUT2D eigenvalue weighted by Crippen LogP contribution is 2.19. The van der Waals surface area contributed by atoms with Crippen molar-refractivity contribution < 1.29 is 0 Å². The first-order chi connectivity index (χ1) is 8.74. The SMILES string of the molecule is CCN(CC)C1CCN(Cc2cccnc2N)C1. The maximum Gasteiger partial charge on any atom is 0.127 e. The van der Waals surface area contributed by atoms with Crippen LogP contribution in [0.5, 0.6) is 0 Å². The summed E-state index contributed by atoms with van der Waals surface area (Å²) < 4.78 is 0. The second kappa shape index (κ2) is 6.16. The van der Waals surface area contributed by atoms with Gasteiger partial charge in [-0.3, -0.25) is 9.80 Å². The first kappa shape index (κ1) is 13.3. The summed E-state index contributed by atoms with van der Waals surface area (Å²) in [5.74, 6) is 0.670. The Balaban J connectivity index is 1.92. The number of nitrogens with two attached hydrogens (primary N) is 1. The molecule has 0 spiro atoms. The van der Waals surface area contributed by atoms with Crippen LogP contribution in [0, 0.1) is 0 Å². The lowest BCUT2D eigenvalue weighted by Crippen LogP contribution is -2.37. The molecule has 1 atom stereocenters. The van der Waals surface area contributed by atoms with Crippen molar-refractivity contribution in [2.75, 3.05) is 31.9 Å². The van der Waals surface area contributed by atoms with Crippen LogP contribution in [0.15, 0.2) is 18.3 Å². The molecule has 1 aliphatic heterocycles. The molecule has 1 saturated heterocycles. The van der Waals surface area contributed by atoms with Gasteiger partial charge in [0.25, 0.3) is 0 Å². The summed E-state index contributed by atoms with van der Waals surface area (Å²) in [6, 6.07) is 4.74. The van der Waals surface area contributed by atoms with Crippen LogP contribution in [0.25, 0.3) is 0 Å². The highest BCUT2D eigenvalue weighted by Gasteiger charge is 2.26. The van der Waals surface area contributed by atoms with Gasteiger partial charge in [-0.25, -0.2) is 4.98 Å². The summed E-state index contributed by atoms with van der Waals surface area (Å²) in [5.41, 5.74) is 7.05. The monoisotopic (exact) mass is 248 g/mol. The zero-order valence-electron chi connectivity index (χ0n) is 11.5. The van der Waals surface area contributed by atoms with Gasteiger partial charge in [-0.2, -0.15) is 0 Å². The van der Waals surface area contributed by atoms with E-state index < -0.39 is 0 Å². The highest BCUT2D eigenvalue weighted by atomic mass is 15.2. The molecule has 1 aromatic rings. The third-order valence-corrected chi connectivity index (χ3v) is 3.90. The number of pyridine rings is 1. The molecule has 0 aromatic carbocycles. The predicted octanol–water partition coefficient (Wildman–Crippen LogP) is 1.58. The Hall–Kier alpha value is -1.13. The molecule has 4 heteroatoms. The molecular weight excluding hydrogens is 224 g/mol. The predicted molar refractivity (Wildman–Crippen MR) is 75.3 cm³/mol. The number of nitrogen functional groups attached to an aromatic ring is 1. The number of rotatable bonds is 5. The third kappa shape index (κ3) is 3.00. The van der Waals surface area contributed by atoms with Crippen LogP contribution in [0.1, 0.15) is 25.8 Å². The fourth-order valence-electron chi connectivity index (χ4n) is 2.82. The van der Waals surface area contributed by atoms with Crippen molar-refractivity contribution in [3.8, 4) is 0 Å². The second-order valence-electron chi connectivity index (χ2n) is 4.95. The number of hydrogen-bond donors (Lipinski definition) is 1. The summed E-state index contributed by atoms with van der Waals surface area (Å²) in [6.45, 7) is 10.0. The molecule has 4 nitrogen and oxygen atoms in total. The fraction of sp³-hybridized carbons (Fsp3) is 0.643. The smallest absolute Gasteiger partial charge is 0.127 e. The molecule has 2 heterocycles. The molecule has 1 aliphatic rings. The van der Waals surface area contributed by atoms with E-state index in [0.29, 0.717) is 11.9 Å². The van der Waals surface area contributed by atoms with Gasteiger partial charge in [0, 0.05) is 37.4 Å². The Bertz CT molecular complexity index is 376. The maximum atomic E-state index is 5.90. The Kier molecular flexibility index (Phi) is 4.55. The van der Waals surface area contributed by atoms with Gasteiger partial charge in [-0.1, -0.05) is 19.9 Å². The van der Waals surface area contributed by atoms with Crippen LogP contribution in [0.4, 0.5) is 5.82 Å². The highest BCUT2D eigenvalue weighted by molar-refractivity contribution is 5.38. The van der Waals surface area contributed by atoms with E-state index in [1.807, 2.05) is 6.07 Å². The first-order valence-electron chi connectivity index (χ1n) is 6.90. The zero-order valence-corrected chi connectivity index (χ0v) is 11.5. The average Bonchev–Trinajstić information content (AvgIpc) is 2.82. The molecule has 0 saturated carbocycles. The van der Waals surface area contributed by atoms with Crippen LogP contribution in [-0.4, -0.2) is 47.0 Å². The molecule has 1 fully saturated rings. The summed E-state index contributed by atoms with van der Waals surface area (Å²) >= 11 is 0. The minimum absolute atomic E-state index is 0.670. The lowest BCUT2D eigenvalue weighted by Gasteiger charge is -2.26. The van der Waals surface area contributed by atoms with E-state index in [0.717, 1.165) is 38.3 Å². The largest absolute Gasteiger partial charge is 0.383 e. The number of hydrogen-bond acceptors (Lipinski definition) is 4. The minimum atomic E-state index is 0.670. The minimum Gasteiger partial charge on any atom is -0.383 e. The number of aromatic nitrogens is 1. The van der Waals surface area contributed by atoms with Crippen molar-refractivity contribution in [3.63, 3.8) is 0 Å². The maximum absolute atomic E-state index is 5.90. The molecule has 18 heavy (non-hydrogen) atoms. The molecule has 1 aromatic heterocycles. The topological polar surface area (TPSA) is 45.4 Å². The van der Waals surface area contributed by atoms with Gasteiger partial charge in [0.15, 0.2) is 0 Å². The van der Waals surface area contributed by atoms with E-state index in [1.54, 1.807) is 6.20 Å². The average molecular weight is 248 g/mol. The fourth-order valence-corrected chi connectivity index (χ4v) is 2.82. The van der Waals surface area contributed by atoms with Crippen LogP contribution < -0.4 is 5.73 Å². The van der Waals surface area contributed by atoms with E-state index in [-0.39, 0.29) is 0 Å². The van der Waals surface area contributed by atoms with Crippen molar-refractivity contribution in [2.45, 2.75) is 32.9 Å². The van der Waals surface area contributed by atoms with Crippen molar-refractivity contribution in [3.05, 3.63) is 23.9 Å². The molecule has 0 radical (unpaired) electrons. The summed E-state index contributed by atoms with van der Waals surface area (Å²) in [6.07, 6.45) is 3.02. The Morgan fingerprint density at radius 2 is 2.22 bits per heavy atom. The lowest BCUT2D eigenvalue weighted by molar-refractivity contribution is 0.209. The summed E-state index contributed by atoms with van der Waals surface area (Å²) in [7, 11) is 0. The van der Waals surface area contributed by atoms with Gasteiger partial charge in [-0.05, 0) is 25.6 Å². The second-order valence-corrected chi connectivity index (χ2v) is 4.95. The van der Waals surface area contributed by atoms with E-state index in [9.17, 15) is 0 Å². The number of likely N-dealkylation sites (tertiary alicyclic amines) is 1. The van der Waals surface area contributed by atoms with E-state index >= 15 is 0 Å². The molecule has 1 unspecified atom stereocenters. The number of anilines is 1. The Morgan fingerprint density at radius 3 is 2.89 bits per heavy atom. The molecule has 0 bridgehead atoms. The van der Waals surface area contributed by atoms with Gasteiger partial charge >= 0.3 is 0 Å². The van der Waals surface area contributed by atoms with Crippen LogP contribution >= 0.6 is 0 Å². The standard InChI is InChI=1S/C14H24N4/c1-3-18(4-2)13-7-9-17(11-13)10-12-6-5-8-16-14(12)15/h5-6,8,13H,3-4,7,9-11H2,1-2H3,(H2,15,16). The quantitative estimate of drug-likeness (QED) is 0.859. The Morgan fingerprint density at radius 1 is 1.44 bits per heavy atom.